The number of amides is 1. The van der Waals surface area contributed by atoms with Gasteiger partial charge in [0.2, 0.25) is 5.91 Å². The Bertz CT molecular complexity index is 830. The third-order valence-electron chi connectivity index (χ3n) is 4.76. The molecule has 1 saturated heterocycles. The Hall–Kier alpha value is -2.45. The van der Waals surface area contributed by atoms with Gasteiger partial charge in [0.05, 0.1) is 18.7 Å². The van der Waals surface area contributed by atoms with Crippen molar-refractivity contribution in [1.29, 1.82) is 0 Å². The molecule has 3 rings (SSSR count). The first-order valence-electron chi connectivity index (χ1n) is 9.25. The number of hydrogen-bond acceptors (Lipinski definition) is 5. The first kappa shape index (κ1) is 19.3. The second-order valence-corrected chi connectivity index (χ2v) is 6.95. The van der Waals surface area contributed by atoms with Crippen molar-refractivity contribution < 1.29 is 9.53 Å². The van der Waals surface area contributed by atoms with Gasteiger partial charge in [-0.15, -0.1) is 0 Å². The van der Waals surface area contributed by atoms with Crippen LogP contribution in [0.1, 0.15) is 18.3 Å². The van der Waals surface area contributed by atoms with E-state index in [4.69, 9.17) is 4.74 Å². The van der Waals surface area contributed by atoms with E-state index in [2.05, 4.69) is 15.3 Å². The first-order chi connectivity index (χ1) is 13.0. The van der Waals surface area contributed by atoms with Crippen molar-refractivity contribution in [2.45, 2.75) is 39.1 Å². The lowest BCUT2D eigenvalue weighted by atomic mass is 10.2. The van der Waals surface area contributed by atoms with Gasteiger partial charge in [0.15, 0.2) is 0 Å². The van der Waals surface area contributed by atoms with Gasteiger partial charge in [-0.3, -0.25) is 9.36 Å². The number of likely N-dealkylation sites (tertiary alicyclic amines) is 1. The zero-order valence-corrected chi connectivity index (χ0v) is 16.1. The minimum absolute atomic E-state index is 0.0296. The molecule has 1 aliphatic heterocycles. The number of aromatic nitrogens is 3. The van der Waals surface area contributed by atoms with Gasteiger partial charge in [-0.2, -0.15) is 5.10 Å². The molecule has 0 bridgehead atoms. The molecule has 0 saturated carbocycles. The highest BCUT2D eigenvalue weighted by Gasteiger charge is 2.32. The fourth-order valence-corrected chi connectivity index (χ4v) is 3.47. The molecule has 27 heavy (non-hydrogen) atoms. The predicted octanol–water partition coefficient (Wildman–Crippen LogP) is 0.237. The number of carbonyl (C=O) groups is 1. The Morgan fingerprint density at radius 1 is 1.30 bits per heavy atom. The van der Waals surface area contributed by atoms with Crippen LogP contribution in [0.4, 0.5) is 0 Å². The van der Waals surface area contributed by atoms with Crippen LogP contribution in [0, 0.1) is 6.92 Å². The molecule has 2 heterocycles. The van der Waals surface area contributed by atoms with Crippen LogP contribution < -0.4 is 11.0 Å². The van der Waals surface area contributed by atoms with Crippen LogP contribution in [0.2, 0.25) is 0 Å². The number of ether oxygens (including phenoxy) is 1. The molecule has 8 heteroatoms. The number of nitrogens with one attached hydrogen (secondary N) is 1. The molecule has 1 aromatic carbocycles. The molecule has 0 spiro atoms. The summed E-state index contributed by atoms with van der Waals surface area (Å²) < 4.78 is 8.51. The summed E-state index contributed by atoms with van der Waals surface area (Å²) in [5, 5.41) is 7.24. The van der Waals surface area contributed by atoms with Gasteiger partial charge in [0, 0.05) is 19.7 Å². The molecule has 2 atom stereocenters. The quantitative estimate of drug-likeness (QED) is 0.752. The van der Waals surface area contributed by atoms with E-state index in [0.29, 0.717) is 19.0 Å². The van der Waals surface area contributed by atoms with Crippen LogP contribution >= 0.6 is 0 Å². The van der Waals surface area contributed by atoms with Gasteiger partial charge >= 0.3 is 5.69 Å². The van der Waals surface area contributed by atoms with Crippen molar-refractivity contribution in [2.75, 3.05) is 26.7 Å². The topological polar surface area (TPSA) is 81.4 Å². The Morgan fingerprint density at radius 2 is 2.04 bits per heavy atom. The third kappa shape index (κ3) is 4.64. The molecule has 8 nitrogen and oxygen atoms in total. The van der Waals surface area contributed by atoms with E-state index in [0.717, 1.165) is 18.7 Å². The average Bonchev–Trinajstić information content (AvgIpc) is 3.10. The molecule has 0 unspecified atom stereocenters. The lowest BCUT2D eigenvalue weighted by Gasteiger charge is -2.19. The fraction of sp³-hybridized carbons (Fsp3) is 0.526. The second kappa shape index (κ2) is 8.49. The van der Waals surface area contributed by atoms with Crippen molar-refractivity contribution in [2.24, 2.45) is 0 Å². The smallest absolute Gasteiger partial charge is 0.346 e. The van der Waals surface area contributed by atoms with Crippen LogP contribution in [0.15, 0.2) is 35.1 Å². The van der Waals surface area contributed by atoms with Crippen molar-refractivity contribution in [1.82, 2.24) is 24.6 Å². The third-order valence-corrected chi connectivity index (χ3v) is 4.76. The van der Waals surface area contributed by atoms with Gasteiger partial charge in [-0.25, -0.2) is 9.48 Å². The summed E-state index contributed by atoms with van der Waals surface area (Å²) in [6.07, 6.45) is -0.0296. The SMILES string of the molecule is CCO[C@H]1CN(C)C[C@@H]1NC(=O)Cn1nc(C)n(Cc2ccccc2)c1=O. The number of likely N-dealkylation sites (N-methyl/N-ethyl adjacent to an activating group) is 1. The van der Waals surface area contributed by atoms with Crippen molar-refractivity contribution in [3.05, 3.63) is 52.2 Å². The average molecular weight is 373 g/mol. The zero-order chi connectivity index (χ0) is 19.4. The van der Waals surface area contributed by atoms with Gasteiger partial charge in [0.1, 0.15) is 12.4 Å². The van der Waals surface area contributed by atoms with Crippen LogP contribution in [-0.4, -0.2) is 64.0 Å². The second-order valence-electron chi connectivity index (χ2n) is 6.95. The maximum Gasteiger partial charge on any atom is 0.346 e. The van der Waals surface area contributed by atoms with E-state index >= 15 is 0 Å². The molecule has 1 aromatic heterocycles. The molecule has 1 N–H and O–H groups in total. The largest absolute Gasteiger partial charge is 0.375 e. The summed E-state index contributed by atoms with van der Waals surface area (Å²) in [5.74, 6) is 0.357. The highest BCUT2D eigenvalue weighted by Crippen LogP contribution is 2.12. The van der Waals surface area contributed by atoms with Crippen molar-refractivity contribution in [3.8, 4) is 0 Å². The zero-order valence-electron chi connectivity index (χ0n) is 16.1. The number of nitrogens with zero attached hydrogens (tertiary/aromatic N) is 4. The van der Waals surface area contributed by atoms with E-state index in [-0.39, 0.29) is 30.3 Å². The van der Waals surface area contributed by atoms with Gasteiger partial charge in [-0.1, -0.05) is 30.3 Å². The maximum atomic E-state index is 12.6. The van der Waals surface area contributed by atoms with Crippen molar-refractivity contribution in [3.63, 3.8) is 0 Å². The molecule has 1 amide bonds. The molecule has 1 fully saturated rings. The summed E-state index contributed by atoms with van der Waals surface area (Å²) in [4.78, 5) is 27.2. The highest BCUT2D eigenvalue weighted by molar-refractivity contribution is 5.76. The standard InChI is InChI=1S/C19H27N5O3/c1-4-27-17-12-22(3)11-16(17)20-18(25)13-24-19(26)23(14(2)21-24)10-15-8-6-5-7-9-15/h5-9,16-17H,4,10-13H2,1-3H3,(H,20,25)/t16-,17-/m0/s1. The summed E-state index contributed by atoms with van der Waals surface area (Å²) in [7, 11) is 2.00. The Morgan fingerprint density at radius 3 is 2.74 bits per heavy atom. The minimum atomic E-state index is -0.281. The highest BCUT2D eigenvalue weighted by atomic mass is 16.5. The lowest BCUT2D eigenvalue weighted by Crippen LogP contribution is -2.46. The van der Waals surface area contributed by atoms with Crippen LogP contribution in [-0.2, 0) is 22.6 Å². The van der Waals surface area contributed by atoms with Crippen LogP contribution in [0.3, 0.4) is 0 Å². The monoisotopic (exact) mass is 373 g/mol. The summed E-state index contributed by atoms with van der Waals surface area (Å²) in [6.45, 7) is 6.17. The molecule has 0 radical (unpaired) electrons. The molecule has 2 aromatic rings. The molecular weight excluding hydrogens is 346 g/mol. The Balaban J connectivity index is 1.66. The number of aryl methyl sites for hydroxylation is 1. The summed E-state index contributed by atoms with van der Waals surface area (Å²) >= 11 is 0. The van der Waals surface area contributed by atoms with Crippen LogP contribution in [0.25, 0.3) is 0 Å². The number of hydrogen-bond donors (Lipinski definition) is 1. The van der Waals surface area contributed by atoms with Crippen LogP contribution in [0.5, 0.6) is 0 Å². The van der Waals surface area contributed by atoms with E-state index < -0.39 is 0 Å². The van der Waals surface area contributed by atoms with Gasteiger partial charge < -0.3 is 15.0 Å². The number of benzene rings is 1. The fourth-order valence-electron chi connectivity index (χ4n) is 3.47. The molecule has 1 aliphatic rings. The lowest BCUT2D eigenvalue weighted by molar-refractivity contribution is -0.123. The maximum absolute atomic E-state index is 12.6. The van der Waals surface area contributed by atoms with E-state index in [1.165, 1.54) is 4.68 Å². The normalized spacial score (nSPS) is 20.1. The van der Waals surface area contributed by atoms with Crippen molar-refractivity contribution >= 4 is 5.91 Å². The molecule has 0 aliphatic carbocycles. The summed E-state index contributed by atoms with van der Waals surface area (Å²) in [6, 6.07) is 9.64. The number of rotatable bonds is 7. The van der Waals surface area contributed by atoms with E-state index in [1.807, 2.05) is 44.3 Å². The Labute approximate surface area is 158 Å². The molecular formula is C19H27N5O3. The first-order valence-corrected chi connectivity index (χ1v) is 9.25. The van der Waals surface area contributed by atoms with E-state index in [9.17, 15) is 9.59 Å². The minimum Gasteiger partial charge on any atom is -0.375 e. The summed E-state index contributed by atoms with van der Waals surface area (Å²) in [5.41, 5.74) is 0.733. The van der Waals surface area contributed by atoms with E-state index in [1.54, 1.807) is 11.5 Å². The predicted molar refractivity (Wildman–Crippen MR) is 102 cm³/mol. The Kier molecular flexibility index (Phi) is 6.08. The van der Waals surface area contributed by atoms with Gasteiger partial charge in [-0.05, 0) is 26.5 Å². The molecule has 146 valence electrons. The van der Waals surface area contributed by atoms with Gasteiger partial charge in [0.25, 0.3) is 0 Å². The number of carbonyl (C=O) groups excluding carboxylic acids is 1.